The second kappa shape index (κ2) is 5.62. The maximum Gasteiger partial charge on any atom is 0.259 e. The van der Waals surface area contributed by atoms with Crippen LogP contribution in [0.1, 0.15) is 21.8 Å². The molecule has 0 aliphatic rings. The van der Waals surface area contributed by atoms with Gasteiger partial charge in [-0.2, -0.15) is 0 Å². The lowest BCUT2D eigenvalue weighted by molar-refractivity contribution is 0.0682. The van der Waals surface area contributed by atoms with Crippen molar-refractivity contribution < 1.29 is 19.5 Å². The smallest absolute Gasteiger partial charge is 0.259 e. The van der Waals surface area contributed by atoms with E-state index < -0.39 is 0 Å². The number of hydrogen-bond donors (Lipinski definition) is 2. The van der Waals surface area contributed by atoms with Gasteiger partial charge in [-0.05, 0) is 13.8 Å². The van der Waals surface area contributed by atoms with Crippen LogP contribution in [-0.4, -0.2) is 52.5 Å². The molecule has 0 saturated heterocycles. The summed E-state index contributed by atoms with van der Waals surface area (Å²) < 4.78 is 4.90. The molecule has 0 spiro atoms. The molecule has 16 heavy (non-hydrogen) atoms. The number of hydrogen-bond acceptors (Lipinski definition) is 5. The van der Waals surface area contributed by atoms with Gasteiger partial charge in [-0.25, -0.2) is 0 Å². The summed E-state index contributed by atoms with van der Waals surface area (Å²) in [6.07, 6.45) is 0. The van der Waals surface area contributed by atoms with Gasteiger partial charge < -0.3 is 19.6 Å². The average molecular weight is 228 g/mol. The van der Waals surface area contributed by atoms with Crippen LogP contribution in [-0.2, 0) is 0 Å². The summed E-state index contributed by atoms with van der Waals surface area (Å²) in [5.41, 5.74) is 0.922. The second-order valence-electron chi connectivity index (χ2n) is 3.44. The molecule has 0 aromatic carbocycles. The summed E-state index contributed by atoms with van der Waals surface area (Å²) in [6, 6.07) is 0. The molecule has 0 atom stereocenters. The molecule has 1 rings (SSSR count). The van der Waals surface area contributed by atoms with E-state index in [-0.39, 0.29) is 32.2 Å². The first-order chi connectivity index (χ1) is 7.61. The standard InChI is InChI=1S/C10H16N2O4/c1-7-9(8(2)16-11-7)10(15)12(3-5-13)4-6-14/h13-14H,3-6H2,1-2H3. The van der Waals surface area contributed by atoms with Crippen LogP contribution in [0, 0.1) is 13.8 Å². The fraction of sp³-hybridized carbons (Fsp3) is 0.600. The number of carbonyl (C=O) groups excluding carboxylic acids is 1. The van der Waals surface area contributed by atoms with Crippen LogP contribution in [0.2, 0.25) is 0 Å². The summed E-state index contributed by atoms with van der Waals surface area (Å²) in [4.78, 5) is 13.4. The van der Waals surface area contributed by atoms with E-state index >= 15 is 0 Å². The Morgan fingerprint density at radius 3 is 2.25 bits per heavy atom. The minimum atomic E-state index is -0.278. The van der Waals surface area contributed by atoms with Gasteiger partial charge in [0.2, 0.25) is 0 Å². The molecule has 6 nitrogen and oxygen atoms in total. The number of carbonyl (C=O) groups is 1. The minimum absolute atomic E-state index is 0.144. The zero-order valence-corrected chi connectivity index (χ0v) is 9.43. The molecule has 0 fully saturated rings. The fourth-order valence-corrected chi connectivity index (χ4v) is 1.50. The second-order valence-corrected chi connectivity index (χ2v) is 3.44. The Hall–Kier alpha value is -1.40. The summed E-state index contributed by atoms with van der Waals surface area (Å²) in [6.45, 7) is 3.42. The quantitative estimate of drug-likeness (QED) is 0.723. The lowest BCUT2D eigenvalue weighted by atomic mass is 10.2. The van der Waals surface area contributed by atoms with Crippen molar-refractivity contribution in [2.75, 3.05) is 26.3 Å². The zero-order valence-electron chi connectivity index (χ0n) is 9.43. The molecule has 1 heterocycles. The Balaban J connectivity index is 2.89. The molecular weight excluding hydrogens is 212 g/mol. The van der Waals surface area contributed by atoms with E-state index in [4.69, 9.17) is 14.7 Å². The van der Waals surface area contributed by atoms with Gasteiger partial charge in [-0.3, -0.25) is 4.79 Å². The van der Waals surface area contributed by atoms with Gasteiger partial charge in [0.15, 0.2) is 0 Å². The van der Waals surface area contributed by atoms with Crippen molar-refractivity contribution in [2.45, 2.75) is 13.8 Å². The first kappa shape index (κ1) is 12.7. The maximum absolute atomic E-state index is 12.0. The molecule has 90 valence electrons. The molecule has 0 aliphatic heterocycles. The molecule has 1 aromatic rings. The van der Waals surface area contributed by atoms with E-state index in [0.717, 1.165) is 0 Å². The lowest BCUT2D eigenvalue weighted by Gasteiger charge is -2.20. The lowest BCUT2D eigenvalue weighted by Crippen LogP contribution is -2.36. The molecule has 1 aromatic heterocycles. The Labute approximate surface area is 93.5 Å². The first-order valence-electron chi connectivity index (χ1n) is 5.05. The van der Waals surface area contributed by atoms with E-state index in [1.165, 1.54) is 4.90 Å². The zero-order chi connectivity index (χ0) is 12.1. The third-order valence-electron chi connectivity index (χ3n) is 2.27. The van der Waals surface area contributed by atoms with Crippen LogP contribution >= 0.6 is 0 Å². The van der Waals surface area contributed by atoms with Gasteiger partial charge >= 0.3 is 0 Å². The first-order valence-corrected chi connectivity index (χ1v) is 5.05. The van der Waals surface area contributed by atoms with E-state index in [9.17, 15) is 4.79 Å². The average Bonchev–Trinajstić information content (AvgIpc) is 2.57. The topological polar surface area (TPSA) is 86.8 Å². The van der Waals surface area contributed by atoms with Crippen molar-refractivity contribution in [2.24, 2.45) is 0 Å². The van der Waals surface area contributed by atoms with Crippen LogP contribution in [0.25, 0.3) is 0 Å². The van der Waals surface area contributed by atoms with Crippen molar-refractivity contribution in [1.29, 1.82) is 0 Å². The number of aliphatic hydroxyl groups is 2. The van der Waals surface area contributed by atoms with E-state index in [1.807, 2.05) is 0 Å². The number of amides is 1. The van der Waals surface area contributed by atoms with Crippen molar-refractivity contribution in [3.8, 4) is 0 Å². The van der Waals surface area contributed by atoms with E-state index in [0.29, 0.717) is 17.0 Å². The van der Waals surface area contributed by atoms with Gasteiger partial charge in [0, 0.05) is 13.1 Å². The summed E-state index contributed by atoms with van der Waals surface area (Å²) in [5, 5.41) is 21.4. The molecule has 0 saturated carbocycles. The monoisotopic (exact) mass is 228 g/mol. The van der Waals surface area contributed by atoms with Gasteiger partial charge in [0.25, 0.3) is 5.91 Å². The normalized spacial score (nSPS) is 10.5. The van der Waals surface area contributed by atoms with E-state index in [2.05, 4.69) is 5.16 Å². The number of aryl methyl sites for hydroxylation is 2. The van der Waals surface area contributed by atoms with Crippen molar-refractivity contribution in [1.82, 2.24) is 10.1 Å². The SMILES string of the molecule is Cc1noc(C)c1C(=O)N(CCO)CCO. The maximum atomic E-state index is 12.0. The highest BCUT2D eigenvalue weighted by molar-refractivity contribution is 5.96. The van der Waals surface area contributed by atoms with Crippen LogP contribution < -0.4 is 0 Å². The Bertz CT molecular complexity index is 336. The molecular formula is C10H16N2O4. The minimum Gasteiger partial charge on any atom is -0.395 e. The predicted molar refractivity (Wildman–Crippen MR) is 56.1 cm³/mol. The summed E-state index contributed by atoms with van der Waals surface area (Å²) in [5.74, 6) is 0.169. The highest BCUT2D eigenvalue weighted by Gasteiger charge is 2.22. The summed E-state index contributed by atoms with van der Waals surface area (Å²) in [7, 11) is 0. The highest BCUT2D eigenvalue weighted by Crippen LogP contribution is 2.14. The Kier molecular flexibility index (Phi) is 4.45. The van der Waals surface area contributed by atoms with Crippen LogP contribution in [0.5, 0.6) is 0 Å². The van der Waals surface area contributed by atoms with Crippen molar-refractivity contribution in [3.05, 3.63) is 17.0 Å². The molecule has 2 N–H and O–H groups in total. The van der Waals surface area contributed by atoms with Gasteiger partial charge in [-0.15, -0.1) is 0 Å². The molecule has 0 unspecified atom stereocenters. The molecule has 0 radical (unpaired) electrons. The molecule has 0 bridgehead atoms. The largest absolute Gasteiger partial charge is 0.395 e. The predicted octanol–water partition coefficient (Wildman–Crippen LogP) is -0.282. The number of nitrogens with zero attached hydrogens (tertiary/aromatic N) is 2. The van der Waals surface area contributed by atoms with E-state index in [1.54, 1.807) is 13.8 Å². The van der Waals surface area contributed by atoms with Gasteiger partial charge in [0.1, 0.15) is 11.3 Å². The highest BCUT2D eigenvalue weighted by atomic mass is 16.5. The third-order valence-corrected chi connectivity index (χ3v) is 2.27. The van der Waals surface area contributed by atoms with Crippen molar-refractivity contribution >= 4 is 5.91 Å². The molecule has 1 amide bonds. The Morgan fingerprint density at radius 1 is 1.31 bits per heavy atom. The van der Waals surface area contributed by atoms with Gasteiger partial charge in [-0.1, -0.05) is 5.16 Å². The summed E-state index contributed by atoms with van der Waals surface area (Å²) >= 11 is 0. The third kappa shape index (κ3) is 2.59. The number of aliphatic hydroxyl groups excluding tert-OH is 2. The Morgan fingerprint density at radius 2 is 1.88 bits per heavy atom. The molecule has 6 heteroatoms. The number of aromatic nitrogens is 1. The van der Waals surface area contributed by atoms with Crippen LogP contribution in [0.3, 0.4) is 0 Å². The molecule has 0 aliphatic carbocycles. The van der Waals surface area contributed by atoms with Crippen LogP contribution in [0.15, 0.2) is 4.52 Å². The van der Waals surface area contributed by atoms with Crippen molar-refractivity contribution in [3.63, 3.8) is 0 Å². The number of rotatable bonds is 5. The van der Waals surface area contributed by atoms with Gasteiger partial charge in [0.05, 0.1) is 18.9 Å². The van der Waals surface area contributed by atoms with Crippen LogP contribution in [0.4, 0.5) is 0 Å². The fourth-order valence-electron chi connectivity index (χ4n) is 1.50.